The highest BCUT2D eigenvalue weighted by Crippen LogP contribution is 2.32. The molecule has 2 aliphatic rings. The van der Waals surface area contributed by atoms with Gasteiger partial charge in [0.1, 0.15) is 12.2 Å². The van der Waals surface area contributed by atoms with Gasteiger partial charge in [0.2, 0.25) is 5.91 Å². The number of nitrogens with one attached hydrogen (secondary N) is 2. The molecule has 2 heterocycles. The molecule has 25 heavy (non-hydrogen) atoms. The lowest BCUT2D eigenvalue weighted by molar-refractivity contribution is -0.139. The lowest BCUT2D eigenvalue weighted by Crippen LogP contribution is -2.43. The van der Waals surface area contributed by atoms with Crippen LogP contribution in [0, 0.1) is 5.92 Å². The first-order valence-corrected chi connectivity index (χ1v) is 8.52. The van der Waals surface area contributed by atoms with Crippen LogP contribution >= 0.6 is 0 Å². The van der Waals surface area contributed by atoms with Crippen LogP contribution in [0.4, 0.5) is 13.2 Å². The van der Waals surface area contributed by atoms with Gasteiger partial charge in [0.25, 0.3) is 5.91 Å². The fourth-order valence-electron chi connectivity index (χ4n) is 3.26. The molecule has 9 heteroatoms. The molecule has 0 aromatic carbocycles. The third-order valence-electron chi connectivity index (χ3n) is 4.98. The van der Waals surface area contributed by atoms with Crippen LogP contribution in [-0.2, 0) is 4.79 Å². The van der Waals surface area contributed by atoms with Gasteiger partial charge in [-0.25, -0.2) is 0 Å². The van der Waals surface area contributed by atoms with Crippen molar-refractivity contribution in [2.24, 2.45) is 5.92 Å². The van der Waals surface area contributed by atoms with E-state index in [-0.39, 0.29) is 23.4 Å². The second-order valence-corrected chi connectivity index (χ2v) is 6.73. The molecule has 0 unspecified atom stereocenters. The van der Waals surface area contributed by atoms with Crippen molar-refractivity contribution in [3.63, 3.8) is 0 Å². The zero-order chi connectivity index (χ0) is 18.0. The van der Waals surface area contributed by atoms with E-state index in [4.69, 9.17) is 0 Å². The van der Waals surface area contributed by atoms with Crippen molar-refractivity contribution in [2.75, 3.05) is 19.6 Å². The number of piperidine rings is 1. The highest BCUT2D eigenvalue weighted by atomic mass is 19.4. The molecular weight excluding hydrogens is 337 g/mol. The minimum Gasteiger partial charge on any atom is -0.342 e. The van der Waals surface area contributed by atoms with E-state index in [9.17, 15) is 22.8 Å². The van der Waals surface area contributed by atoms with E-state index in [1.54, 1.807) is 5.32 Å². The van der Waals surface area contributed by atoms with E-state index in [2.05, 4.69) is 10.2 Å². The van der Waals surface area contributed by atoms with Crippen molar-refractivity contribution in [3.8, 4) is 0 Å². The summed E-state index contributed by atoms with van der Waals surface area (Å²) in [6.07, 6.45) is 0.148. The Balaban J connectivity index is 1.51. The molecule has 3 rings (SSSR count). The highest BCUT2D eigenvalue weighted by molar-refractivity contribution is 5.92. The van der Waals surface area contributed by atoms with Crippen LogP contribution in [0.2, 0.25) is 0 Å². The SMILES string of the molecule is O=C(NCC(F)(F)F)c1cc(C2CCN(C(=O)C3CCC3)CC2)[nH]n1. The van der Waals surface area contributed by atoms with Crippen LogP contribution in [0.15, 0.2) is 6.07 Å². The van der Waals surface area contributed by atoms with Crippen molar-refractivity contribution in [1.29, 1.82) is 0 Å². The van der Waals surface area contributed by atoms with E-state index >= 15 is 0 Å². The van der Waals surface area contributed by atoms with Crippen molar-refractivity contribution < 1.29 is 22.8 Å². The number of alkyl halides is 3. The highest BCUT2D eigenvalue weighted by Gasteiger charge is 2.33. The molecule has 2 fully saturated rings. The first-order valence-electron chi connectivity index (χ1n) is 8.52. The molecule has 0 spiro atoms. The molecule has 1 aromatic rings. The molecule has 1 saturated heterocycles. The molecule has 0 bridgehead atoms. The molecule has 0 atom stereocenters. The van der Waals surface area contributed by atoms with Crippen LogP contribution in [0.25, 0.3) is 0 Å². The summed E-state index contributed by atoms with van der Waals surface area (Å²) in [5.41, 5.74) is 0.681. The number of hydrogen-bond donors (Lipinski definition) is 2. The molecule has 138 valence electrons. The van der Waals surface area contributed by atoms with E-state index in [0.717, 1.165) is 37.8 Å². The molecular formula is C16H21F3N4O2. The lowest BCUT2D eigenvalue weighted by atomic mass is 9.83. The van der Waals surface area contributed by atoms with Crippen molar-refractivity contribution >= 4 is 11.8 Å². The molecule has 2 amide bonds. The Bertz CT molecular complexity index is 632. The maximum absolute atomic E-state index is 12.2. The maximum Gasteiger partial charge on any atom is 0.405 e. The van der Waals surface area contributed by atoms with Gasteiger partial charge in [-0.15, -0.1) is 0 Å². The largest absolute Gasteiger partial charge is 0.405 e. The standard InChI is InChI=1S/C16H21F3N4O2/c17-16(18,19)9-20-14(24)13-8-12(21-22-13)10-4-6-23(7-5-10)15(25)11-2-1-3-11/h8,10-11H,1-7,9H2,(H,20,24)(H,21,22). The summed E-state index contributed by atoms with van der Waals surface area (Å²) in [6.45, 7) is -0.0566. The van der Waals surface area contributed by atoms with Crippen LogP contribution in [-0.4, -0.2) is 52.7 Å². The van der Waals surface area contributed by atoms with Crippen molar-refractivity contribution in [1.82, 2.24) is 20.4 Å². The topological polar surface area (TPSA) is 78.1 Å². The molecule has 1 aliphatic heterocycles. The minimum absolute atomic E-state index is 0.0489. The third kappa shape index (κ3) is 4.32. The number of hydrogen-bond acceptors (Lipinski definition) is 3. The van der Waals surface area contributed by atoms with Gasteiger partial charge in [0.15, 0.2) is 0 Å². The average molecular weight is 358 g/mol. The monoisotopic (exact) mass is 358 g/mol. The number of aromatic amines is 1. The number of aromatic nitrogens is 2. The molecule has 2 N–H and O–H groups in total. The van der Waals surface area contributed by atoms with Crippen LogP contribution in [0.1, 0.15) is 54.2 Å². The van der Waals surface area contributed by atoms with Gasteiger partial charge in [-0.3, -0.25) is 14.7 Å². The number of carbonyl (C=O) groups excluding carboxylic acids is 2. The van der Waals surface area contributed by atoms with E-state index < -0.39 is 18.6 Å². The zero-order valence-corrected chi connectivity index (χ0v) is 13.7. The van der Waals surface area contributed by atoms with Crippen molar-refractivity contribution in [2.45, 2.75) is 44.2 Å². The third-order valence-corrected chi connectivity index (χ3v) is 4.98. The molecule has 0 radical (unpaired) electrons. The predicted octanol–water partition coefficient (Wildman–Crippen LogP) is 2.21. The normalized spacial score (nSPS) is 19.6. The number of carbonyl (C=O) groups is 2. The second kappa shape index (κ2) is 7.05. The summed E-state index contributed by atoms with van der Waals surface area (Å²) >= 11 is 0. The van der Waals surface area contributed by atoms with Gasteiger partial charge in [-0.2, -0.15) is 18.3 Å². The zero-order valence-electron chi connectivity index (χ0n) is 13.7. The molecule has 1 aromatic heterocycles. The Morgan fingerprint density at radius 1 is 1.24 bits per heavy atom. The molecule has 6 nitrogen and oxygen atoms in total. The van der Waals surface area contributed by atoms with Gasteiger partial charge in [0.05, 0.1) is 0 Å². The smallest absolute Gasteiger partial charge is 0.342 e. The Labute approximate surface area is 143 Å². The fraction of sp³-hybridized carbons (Fsp3) is 0.688. The Hall–Kier alpha value is -2.06. The quantitative estimate of drug-likeness (QED) is 0.866. The molecule has 1 saturated carbocycles. The van der Waals surface area contributed by atoms with Gasteiger partial charge in [0, 0.05) is 30.6 Å². The number of H-pyrrole nitrogens is 1. The van der Waals surface area contributed by atoms with Gasteiger partial charge < -0.3 is 10.2 Å². The summed E-state index contributed by atoms with van der Waals surface area (Å²) in [5.74, 6) is -0.298. The van der Waals surface area contributed by atoms with Gasteiger partial charge in [-0.1, -0.05) is 6.42 Å². The van der Waals surface area contributed by atoms with Crippen LogP contribution < -0.4 is 5.32 Å². The summed E-state index contributed by atoms with van der Waals surface area (Å²) < 4.78 is 36.4. The van der Waals surface area contributed by atoms with E-state index in [1.807, 2.05) is 4.90 Å². The Morgan fingerprint density at radius 2 is 1.92 bits per heavy atom. The first kappa shape index (κ1) is 17.8. The van der Waals surface area contributed by atoms with Crippen molar-refractivity contribution in [3.05, 3.63) is 17.5 Å². The maximum atomic E-state index is 12.2. The summed E-state index contributed by atoms with van der Waals surface area (Å²) in [7, 11) is 0. The first-order chi connectivity index (χ1) is 11.8. The summed E-state index contributed by atoms with van der Waals surface area (Å²) in [5, 5.41) is 8.36. The minimum atomic E-state index is -4.45. The second-order valence-electron chi connectivity index (χ2n) is 6.73. The van der Waals surface area contributed by atoms with Gasteiger partial charge in [-0.05, 0) is 31.7 Å². The number of amides is 2. The fourth-order valence-corrected chi connectivity index (χ4v) is 3.26. The van der Waals surface area contributed by atoms with Crippen LogP contribution in [0.5, 0.6) is 0 Å². The van der Waals surface area contributed by atoms with Crippen LogP contribution in [0.3, 0.4) is 0 Å². The Kier molecular flexibility index (Phi) is 5.01. The molecule has 1 aliphatic carbocycles. The van der Waals surface area contributed by atoms with Gasteiger partial charge >= 0.3 is 6.18 Å². The van der Waals surface area contributed by atoms with E-state index in [0.29, 0.717) is 13.1 Å². The number of likely N-dealkylation sites (tertiary alicyclic amines) is 1. The number of nitrogens with zero attached hydrogens (tertiary/aromatic N) is 2. The predicted molar refractivity (Wildman–Crippen MR) is 82.9 cm³/mol. The summed E-state index contributed by atoms with van der Waals surface area (Å²) in [6, 6.07) is 1.50. The lowest BCUT2D eigenvalue weighted by Gasteiger charge is -2.36. The summed E-state index contributed by atoms with van der Waals surface area (Å²) in [4.78, 5) is 25.8. The average Bonchev–Trinajstić information content (AvgIpc) is 3.00. The Morgan fingerprint density at radius 3 is 2.48 bits per heavy atom. The number of rotatable bonds is 4. The van der Waals surface area contributed by atoms with E-state index in [1.165, 1.54) is 6.07 Å². The number of halogens is 3.